The quantitative estimate of drug-likeness (QED) is 0.780. The molecule has 1 N–H and O–H groups in total. The third-order valence-corrected chi connectivity index (χ3v) is 4.75. The first-order valence-electron chi connectivity index (χ1n) is 8.81. The minimum Gasteiger partial charge on any atom is -0.373 e. The minimum absolute atomic E-state index is 0.0672. The highest BCUT2D eigenvalue weighted by atomic mass is 16.5. The Morgan fingerprint density at radius 1 is 1.19 bits per heavy atom. The van der Waals surface area contributed by atoms with E-state index in [1.165, 1.54) is 5.56 Å². The zero-order chi connectivity index (χ0) is 17.9. The predicted molar refractivity (Wildman–Crippen MR) is 100 cm³/mol. The Morgan fingerprint density at radius 3 is 2.81 bits per heavy atom. The number of carbonyl (C=O) groups is 1. The minimum atomic E-state index is -0.190. The molecule has 5 heteroatoms. The molecular weight excluding hydrogens is 326 g/mol. The number of anilines is 1. The smallest absolute Gasteiger partial charge is 0.227 e. The molecule has 0 saturated heterocycles. The van der Waals surface area contributed by atoms with Crippen molar-refractivity contribution in [3.05, 3.63) is 77.6 Å². The Hall–Kier alpha value is -2.92. The second-order valence-electron chi connectivity index (χ2n) is 6.45. The number of ether oxygens (including phenoxy) is 1. The van der Waals surface area contributed by atoms with Gasteiger partial charge in [0.25, 0.3) is 0 Å². The van der Waals surface area contributed by atoms with Crippen LogP contribution in [0.3, 0.4) is 0 Å². The van der Waals surface area contributed by atoms with Crippen LogP contribution in [-0.4, -0.2) is 22.3 Å². The molecule has 132 valence electrons. The molecule has 0 radical (unpaired) electrons. The largest absolute Gasteiger partial charge is 0.373 e. The highest BCUT2D eigenvalue weighted by Crippen LogP contribution is 2.30. The zero-order valence-corrected chi connectivity index (χ0v) is 14.7. The molecule has 26 heavy (non-hydrogen) atoms. The fourth-order valence-electron chi connectivity index (χ4n) is 3.38. The molecule has 1 aliphatic rings. The number of aromatic nitrogens is 2. The van der Waals surface area contributed by atoms with Crippen LogP contribution >= 0.6 is 0 Å². The summed E-state index contributed by atoms with van der Waals surface area (Å²) >= 11 is 0. The SMILES string of the molecule is Cc1c(NC(=O)CC2OCCc3ccccc32)cnn1-c1ccccc1. The van der Waals surface area contributed by atoms with Gasteiger partial charge in [-0.15, -0.1) is 0 Å². The van der Waals surface area contributed by atoms with Crippen LogP contribution in [-0.2, 0) is 16.0 Å². The summed E-state index contributed by atoms with van der Waals surface area (Å²) < 4.78 is 7.66. The summed E-state index contributed by atoms with van der Waals surface area (Å²) in [5.41, 5.74) is 4.97. The van der Waals surface area contributed by atoms with Gasteiger partial charge in [0.05, 0.1) is 42.4 Å². The molecule has 3 aromatic rings. The van der Waals surface area contributed by atoms with E-state index in [-0.39, 0.29) is 12.0 Å². The van der Waals surface area contributed by atoms with Crippen LogP contribution in [0.5, 0.6) is 0 Å². The predicted octanol–water partition coefficient (Wildman–Crippen LogP) is 3.82. The number of nitrogens with zero attached hydrogens (tertiary/aromatic N) is 2. The molecule has 1 aromatic heterocycles. The number of carbonyl (C=O) groups excluding carboxylic acids is 1. The lowest BCUT2D eigenvalue weighted by molar-refractivity contribution is -0.119. The topological polar surface area (TPSA) is 56.1 Å². The molecule has 1 unspecified atom stereocenters. The number of nitrogens with one attached hydrogen (secondary N) is 1. The van der Waals surface area contributed by atoms with Gasteiger partial charge in [-0.2, -0.15) is 5.10 Å². The fraction of sp³-hybridized carbons (Fsp3) is 0.238. The van der Waals surface area contributed by atoms with Gasteiger partial charge in [-0.1, -0.05) is 42.5 Å². The Bertz CT molecular complexity index is 918. The van der Waals surface area contributed by atoms with E-state index in [4.69, 9.17) is 4.74 Å². The molecule has 2 heterocycles. The van der Waals surface area contributed by atoms with E-state index in [9.17, 15) is 4.79 Å². The van der Waals surface area contributed by atoms with E-state index in [1.54, 1.807) is 6.20 Å². The number of hydrogen-bond donors (Lipinski definition) is 1. The first-order valence-corrected chi connectivity index (χ1v) is 8.81. The maximum Gasteiger partial charge on any atom is 0.227 e. The number of benzene rings is 2. The first kappa shape index (κ1) is 16.5. The number of para-hydroxylation sites is 1. The lowest BCUT2D eigenvalue weighted by Crippen LogP contribution is -2.22. The molecule has 0 spiro atoms. The van der Waals surface area contributed by atoms with Crippen LogP contribution in [0.15, 0.2) is 60.8 Å². The van der Waals surface area contributed by atoms with Crippen molar-refractivity contribution in [3.8, 4) is 5.69 Å². The Labute approximate surface area is 152 Å². The van der Waals surface area contributed by atoms with Gasteiger partial charge in [0.2, 0.25) is 5.91 Å². The maximum atomic E-state index is 12.6. The number of amides is 1. The lowest BCUT2D eigenvalue weighted by atomic mass is 9.95. The van der Waals surface area contributed by atoms with E-state index in [1.807, 2.05) is 60.1 Å². The van der Waals surface area contributed by atoms with Crippen molar-refractivity contribution in [3.63, 3.8) is 0 Å². The van der Waals surface area contributed by atoms with Gasteiger partial charge in [-0.05, 0) is 36.6 Å². The second kappa shape index (κ2) is 7.14. The zero-order valence-electron chi connectivity index (χ0n) is 14.7. The van der Waals surface area contributed by atoms with Crippen LogP contribution < -0.4 is 5.32 Å². The molecule has 0 bridgehead atoms. The summed E-state index contributed by atoms with van der Waals surface area (Å²) in [7, 11) is 0. The van der Waals surface area contributed by atoms with Crippen LogP contribution in [0.2, 0.25) is 0 Å². The van der Waals surface area contributed by atoms with Crippen LogP contribution in [0.4, 0.5) is 5.69 Å². The summed E-state index contributed by atoms with van der Waals surface area (Å²) in [6.45, 7) is 2.60. The van der Waals surface area contributed by atoms with Gasteiger partial charge < -0.3 is 10.1 Å². The van der Waals surface area contributed by atoms with Crippen molar-refractivity contribution in [2.75, 3.05) is 11.9 Å². The summed E-state index contributed by atoms with van der Waals surface area (Å²) in [5.74, 6) is -0.0672. The van der Waals surface area contributed by atoms with Gasteiger partial charge in [-0.25, -0.2) is 4.68 Å². The van der Waals surface area contributed by atoms with Crippen LogP contribution in [0.25, 0.3) is 5.69 Å². The van der Waals surface area contributed by atoms with Gasteiger partial charge in [0.15, 0.2) is 0 Å². The Morgan fingerprint density at radius 2 is 1.96 bits per heavy atom. The summed E-state index contributed by atoms with van der Waals surface area (Å²) in [5, 5.41) is 7.37. The van der Waals surface area contributed by atoms with Crippen molar-refractivity contribution in [2.45, 2.75) is 25.9 Å². The molecule has 1 amide bonds. The van der Waals surface area contributed by atoms with Crippen molar-refractivity contribution in [1.82, 2.24) is 9.78 Å². The van der Waals surface area contributed by atoms with Gasteiger partial charge >= 0.3 is 0 Å². The van der Waals surface area contributed by atoms with Crippen molar-refractivity contribution >= 4 is 11.6 Å². The first-order chi connectivity index (χ1) is 12.7. The van der Waals surface area contributed by atoms with Gasteiger partial charge in [-0.3, -0.25) is 4.79 Å². The lowest BCUT2D eigenvalue weighted by Gasteiger charge is -2.25. The summed E-state index contributed by atoms with van der Waals surface area (Å²) in [6.07, 6.45) is 2.70. The fourth-order valence-corrected chi connectivity index (χ4v) is 3.38. The van der Waals surface area contributed by atoms with Crippen LogP contribution in [0, 0.1) is 6.92 Å². The summed E-state index contributed by atoms with van der Waals surface area (Å²) in [4.78, 5) is 12.6. The Balaban J connectivity index is 1.47. The average Bonchev–Trinajstić information content (AvgIpc) is 3.03. The molecule has 4 rings (SSSR count). The molecule has 1 atom stereocenters. The number of hydrogen-bond acceptors (Lipinski definition) is 3. The highest BCUT2D eigenvalue weighted by Gasteiger charge is 2.23. The van der Waals surface area contributed by atoms with E-state index in [2.05, 4.69) is 16.5 Å². The average molecular weight is 347 g/mol. The van der Waals surface area contributed by atoms with E-state index >= 15 is 0 Å². The van der Waals surface area contributed by atoms with Crippen molar-refractivity contribution < 1.29 is 9.53 Å². The standard InChI is InChI=1S/C21H21N3O2/c1-15-19(14-22-24(15)17-8-3-2-4-9-17)23-21(25)13-20-18-10-6-5-7-16(18)11-12-26-20/h2-10,14,20H,11-13H2,1H3,(H,23,25). The van der Waals surface area contributed by atoms with E-state index < -0.39 is 0 Å². The monoisotopic (exact) mass is 347 g/mol. The molecule has 1 aliphatic heterocycles. The molecule has 5 nitrogen and oxygen atoms in total. The molecule has 0 saturated carbocycles. The molecule has 0 fully saturated rings. The number of fused-ring (bicyclic) bond motifs is 1. The normalized spacial score (nSPS) is 16.1. The van der Waals surface area contributed by atoms with Gasteiger partial charge in [0, 0.05) is 0 Å². The number of rotatable bonds is 4. The molecular formula is C21H21N3O2. The van der Waals surface area contributed by atoms with E-state index in [0.29, 0.717) is 13.0 Å². The third kappa shape index (κ3) is 3.26. The third-order valence-electron chi connectivity index (χ3n) is 4.75. The molecule has 0 aliphatic carbocycles. The maximum absolute atomic E-state index is 12.6. The Kier molecular flexibility index (Phi) is 4.54. The second-order valence-corrected chi connectivity index (χ2v) is 6.45. The van der Waals surface area contributed by atoms with E-state index in [0.717, 1.165) is 29.1 Å². The highest BCUT2D eigenvalue weighted by molar-refractivity contribution is 5.91. The van der Waals surface area contributed by atoms with Crippen molar-refractivity contribution in [2.24, 2.45) is 0 Å². The summed E-state index contributed by atoms with van der Waals surface area (Å²) in [6, 6.07) is 18.0. The van der Waals surface area contributed by atoms with Gasteiger partial charge in [0.1, 0.15) is 0 Å². The van der Waals surface area contributed by atoms with Crippen LogP contribution in [0.1, 0.15) is 29.3 Å². The van der Waals surface area contributed by atoms with Crippen molar-refractivity contribution in [1.29, 1.82) is 0 Å². The molecule has 2 aromatic carbocycles.